The summed E-state index contributed by atoms with van der Waals surface area (Å²) < 4.78 is 32.6. The minimum Gasteiger partial charge on any atom is -0.452 e. The van der Waals surface area contributed by atoms with Crippen molar-refractivity contribution in [1.29, 1.82) is 0 Å². The Kier molecular flexibility index (Phi) is 6.25. The van der Waals surface area contributed by atoms with Crippen LogP contribution in [0.25, 0.3) is 0 Å². The molecule has 0 saturated heterocycles. The Balaban J connectivity index is 2.74. The van der Waals surface area contributed by atoms with Crippen molar-refractivity contribution < 1.29 is 12.8 Å². The molecule has 0 atom stereocenters. The molecule has 0 bridgehead atoms. The number of hydrogen-bond donors (Lipinski definition) is 2. The Bertz CT molecular complexity index is 532. The third kappa shape index (κ3) is 5.55. The summed E-state index contributed by atoms with van der Waals surface area (Å²) in [6, 6.07) is 1.55. The molecule has 0 fully saturated rings. The van der Waals surface area contributed by atoms with Crippen molar-refractivity contribution in [3.8, 4) is 0 Å². The van der Waals surface area contributed by atoms with Gasteiger partial charge in [0, 0.05) is 12.6 Å². The number of furan rings is 1. The third-order valence-corrected chi connectivity index (χ3v) is 5.03. The van der Waals surface area contributed by atoms with Crippen molar-refractivity contribution in [2.75, 3.05) is 13.1 Å². The Hall–Kier alpha value is -0.370. The van der Waals surface area contributed by atoms with Crippen LogP contribution in [-0.2, 0) is 16.6 Å². The number of nitrogens with one attached hydrogen (secondary N) is 2. The normalized spacial score (nSPS) is 12.8. The molecule has 1 heterocycles. The van der Waals surface area contributed by atoms with Crippen LogP contribution in [-0.4, -0.2) is 21.5 Å². The fraction of sp³-hybridized carbons (Fsp3) is 0.692. The first-order valence-corrected chi connectivity index (χ1v) is 8.92. The van der Waals surface area contributed by atoms with Crippen LogP contribution in [0.2, 0.25) is 0 Å². The first-order valence-electron chi connectivity index (χ1n) is 6.64. The van der Waals surface area contributed by atoms with Gasteiger partial charge in [-0.3, -0.25) is 0 Å². The second-order valence-electron chi connectivity index (χ2n) is 5.84. The van der Waals surface area contributed by atoms with Gasteiger partial charge in [-0.2, -0.15) is 0 Å². The van der Waals surface area contributed by atoms with Crippen LogP contribution >= 0.6 is 15.9 Å². The highest BCUT2D eigenvalue weighted by molar-refractivity contribution is 9.10. The fourth-order valence-electron chi connectivity index (χ4n) is 1.55. The van der Waals surface area contributed by atoms with Crippen molar-refractivity contribution in [2.24, 2.45) is 5.41 Å². The van der Waals surface area contributed by atoms with Crippen molar-refractivity contribution in [1.82, 2.24) is 10.0 Å². The maximum absolute atomic E-state index is 12.2. The van der Waals surface area contributed by atoms with Crippen LogP contribution < -0.4 is 10.0 Å². The largest absolute Gasteiger partial charge is 0.452 e. The smallest absolute Gasteiger partial charge is 0.244 e. The lowest BCUT2D eigenvalue weighted by Crippen LogP contribution is -2.27. The molecule has 0 aliphatic heterocycles. The standard InChI is InChI=1S/C13H23BrN2O3S/c1-5-15-9-10-8-11(12(14)19-10)20(17,18)16-7-6-13(2,3)4/h8,15-16H,5-7,9H2,1-4H3. The summed E-state index contributed by atoms with van der Waals surface area (Å²) in [6.07, 6.45) is 0.770. The fourth-order valence-corrected chi connectivity index (χ4v) is 3.58. The minimum atomic E-state index is -3.54. The van der Waals surface area contributed by atoms with E-state index in [1.807, 2.05) is 6.92 Å². The van der Waals surface area contributed by atoms with E-state index in [-0.39, 0.29) is 15.0 Å². The van der Waals surface area contributed by atoms with E-state index in [0.29, 0.717) is 18.8 Å². The highest BCUT2D eigenvalue weighted by Crippen LogP contribution is 2.26. The maximum Gasteiger partial charge on any atom is 0.244 e. The quantitative estimate of drug-likeness (QED) is 0.778. The van der Waals surface area contributed by atoms with E-state index < -0.39 is 10.0 Å². The molecule has 20 heavy (non-hydrogen) atoms. The molecule has 1 aromatic heterocycles. The maximum atomic E-state index is 12.2. The number of hydrogen-bond acceptors (Lipinski definition) is 4. The zero-order chi connectivity index (χ0) is 15.4. The van der Waals surface area contributed by atoms with Gasteiger partial charge in [0.05, 0.1) is 6.54 Å². The molecule has 5 nitrogen and oxygen atoms in total. The highest BCUT2D eigenvalue weighted by atomic mass is 79.9. The molecule has 0 aliphatic rings. The van der Waals surface area contributed by atoms with Gasteiger partial charge in [-0.15, -0.1) is 0 Å². The third-order valence-electron chi connectivity index (χ3n) is 2.71. The van der Waals surface area contributed by atoms with Gasteiger partial charge in [0.15, 0.2) is 4.67 Å². The van der Waals surface area contributed by atoms with Gasteiger partial charge < -0.3 is 9.73 Å². The van der Waals surface area contributed by atoms with Gasteiger partial charge in [-0.05, 0) is 34.3 Å². The second kappa shape index (κ2) is 7.06. The average Bonchev–Trinajstić information content (AvgIpc) is 2.66. The van der Waals surface area contributed by atoms with Crippen molar-refractivity contribution in [2.45, 2.75) is 45.6 Å². The van der Waals surface area contributed by atoms with Gasteiger partial charge >= 0.3 is 0 Å². The molecular formula is C13H23BrN2O3S. The summed E-state index contributed by atoms with van der Waals surface area (Å²) in [5.41, 5.74) is 0.0896. The highest BCUT2D eigenvalue weighted by Gasteiger charge is 2.22. The average molecular weight is 367 g/mol. The predicted octanol–water partition coefficient (Wildman–Crippen LogP) is 2.87. The van der Waals surface area contributed by atoms with E-state index in [0.717, 1.165) is 13.0 Å². The van der Waals surface area contributed by atoms with E-state index in [1.165, 1.54) is 0 Å². The molecule has 0 radical (unpaired) electrons. The molecule has 0 saturated carbocycles. The van der Waals surface area contributed by atoms with Gasteiger partial charge in [0.2, 0.25) is 10.0 Å². The van der Waals surface area contributed by atoms with Crippen LogP contribution in [0.15, 0.2) is 20.0 Å². The lowest BCUT2D eigenvalue weighted by Gasteiger charge is -2.17. The lowest BCUT2D eigenvalue weighted by atomic mass is 9.93. The molecular weight excluding hydrogens is 344 g/mol. The molecule has 1 rings (SSSR count). The summed E-state index contributed by atoms with van der Waals surface area (Å²) in [6.45, 7) is 9.91. The molecule has 0 unspecified atom stereocenters. The number of rotatable bonds is 7. The Morgan fingerprint density at radius 2 is 2.00 bits per heavy atom. The van der Waals surface area contributed by atoms with Crippen LogP contribution in [0.3, 0.4) is 0 Å². The first-order chi connectivity index (χ1) is 9.15. The monoisotopic (exact) mass is 366 g/mol. The number of sulfonamides is 1. The molecule has 116 valence electrons. The van der Waals surface area contributed by atoms with E-state index in [2.05, 4.69) is 46.7 Å². The number of halogens is 1. The van der Waals surface area contributed by atoms with Gasteiger partial charge in [-0.25, -0.2) is 13.1 Å². The van der Waals surface area contributed by atoms with E-state index in [9.17, 15) is 8.42 Å². The Labute approximate surface area is 129 Å². The zero-order valence-electron chi connectivity index (χ0n) is 12.4. The SMILES string of the molecule is CCNCc1cc(S(=O)(=O)NCCC(C)(C)C)c(Br)o1. The predicted molar refractivity (Wildman–Crippen MR) is 83.0 cm³/mol. The van der Waals surface area contributed by atoms with E-state index >= 15 is 0 Å². The zero-order valence-corrected chi connectivity index (χ0v) is 14.8. The summed E-state index contributed by atoms with van der Waals surface area (Å²) in [4.78, 5) is 0.152. The van der Waals surface area contributed by atoms with Crippen LogP contribution in [0.4, 0.5) is 0 Å². The Morgan fingerprint density at radius 1 is 1.35 bits per heavy atom. The van der Waals surface area contributed by atoms with E-state index in [4.69, 9.17) is 4.42 Å². The molecule has 1 aromatic rings. The Morgan fingerprint density at radius 3 is 2.55 bits per heavy atom. The molecule has 0 amide bonds. The van der Waals surface area contributed by atoms with Crippen LogP contribution in [0.1, 0.15) is 39.9 Å². The summed E-state index contributed by atoms with van der Waals surface area (Å²) in [5, 5.41) is 3.09. The molecule has 0 spiro atoms. The molecule has 2 N–H and O–H groups in total. The second-order valence-corrected chi connectivity index (χ2v) is 8.30. The van der Waals surface area contributed by atoms with Gasteiger partial charge in [0.25, 0.3) is 0 Å². The molecule has 7 heteroatoms. The first kappa shape index (κ1) is 17.7. The van der Waals surface area contributed by atoms with Crippen molar-refractivity contribution in [3.63, 3.8) is 0 Å². The minimum absolute atomic E-state index is 0.0896. The van der Waals surface area contributed by atoms with Gasteiger partial charge in [0.1, 0.15) is 10.7 Å². The van der Waals surface area contributed by atoms with Crippen LogP contribution in [0.5, 0.6) is 0 Å². The molecule has 0 aromatic carbocycles. The summed E-state index contributed by atoms with van der Waals surface area (Å²) in [7, 11) is -3.54. The lowest BCUT2D eigenvalue weighted by molar-refractivity contribution is 0.378. The summed E-state index contributed by atoms with van der Waals surface area (Å²) in [5.74, 6) is 0.593. The van der Waals surface area contributed by atoms with Crippen LogP contribution in [0, 0.1) is 5.41 Å². The van der Waals surface area contributed by atoms with Crippen molar-refractivity contribution in [3.05, 3.63) is 16.5 Å². The molecule has 0 aliphatic carbocycles. The topological polar surface area (TPSA) is 71.3 Å². The van der Waals surface area contributed by atoms with Crippen molar-refractivity contribution >= 4 is 26.0 Å². The van der Waals surface area contributed by atoms with E-state index in [1.54, 1.807) is 6.07 Å². The summed E-state index contributed by atoms with van der Waals surface area (Å²) >= 11 is 3.16. The van der Waals surface area contributed by atoms with Gasteiger partial charge in [-0.1, -0.05) is 27.7 Å².